The van der Waals surface area contributed by atoms with E-state index in [0.29, 0.717) is 6.61 Å². The molecule has 0 aliphatic carbocycles. The van der Waals surface area contributed by atoms with Crippen LogP contribution in [0.5, 0.6) is 0 Å². The minimum Gasteiger partial charge on any atom is -0.450 e. The molecule has 96 valence electrons. The molecule has 0 aromatic heterocycles. The van der Waals surface area contributed by atoms with Crippen LogP contribution in [0.2, 0.25) is 0 Å². The summed E-state index contributed by atoms with van der Waals surface area (Å²) in [4.78, 5) is 11.2. The normalized spacial score (nSPS) is 23.8. The molecule has 0 bridgehead atoms. The molecule has 1 amide bonds. The second kappa shape index (κ2) is 5.92. The lowest BCUT2D eigenvalue weighted by atomic mass is 9.97. The van der Waals surface area contributed by atoms with Gasteiger partial charge in [0.05, 0.1) is 12.6 Å². The summed E-state index contributed by atoms with van der Waals surface area (Å²) >= 11 is 0. The second-order valence-electron chi connectivity index (χ2n) is 5.28. The third-order valence-corrected chi connectivity index (χ3v) is 2.35. The molecule has 0 saturated carbocycles. The van der Waals surface area contributed by atoms with E-state index in [1.165, 1.54) is 0 Å². The Kier molecular flexibility index (Phi) is 4.83. The highest BCUT2D eigenvalue weighted by atomic mass is 16.5. The number of ether oxygens (including phenoxy) is 1. The molecule has 1 aliphatic heterocycles. The van der Waals surface area contributed by atoms with Gasteiger partial charge in [0.2, 0.25) is 0 Å². The number of hydrogen-bond donors (Lipinski definition) is 2. The Morgan fingerprint density at radius 3 is 2.82 bits per heavy atom. The number of hydrogen-bond acceptors (Lipinski definition) is 3. The highest BCUT2D eigenvalue weighted by Gasteiger charge is 2.24. The average Bonchev–Trinajstić information content (AvgIpc) is 2.62. The molecule has 1 fully saturated rings. The zero-order chi connectivity index (χ0) is 12.9. The van der Waals surface area contributed by atoms with Crippen molar-refractivity contribution in [3.05, 3.63) is 0 Å². The summed E-state index contributed by atoms with van der Waals surface area (Å²) in [5, 5.41) is 6.10. The number of alkyl carbamates (subject to hydrolysis) is 1. The van der Waals surface area contributed by atoms with Crippen LogP contribution in [0, 0.1) is 17.3 Å². The number of rotatable bonds is 2. The predicted octanol–water partition coefficient (Wildman–Crippen LogP) is 1.51. The molecule has 17 heavy (non-hydrogen) atoms. The SMILES string of the molecule is CCOC(=O)N[C@H]1CNC(C#CC(C)(C)C)C1. The summed E-state index contributed by atoms with van der Waals surface area (Å²) in [6.45, 7) is 9.21. The van der Waals surface area contributed by atoms with Gasteiger partial charge in [0.1, 0.15) is 0 Å². The van der Waals surface area contributed by atoms with Gasteiger partial charge in [0, 0.05) is 18.0 Å². The van der Waals surface area contributed by atoms with E-state index in [1.807, 2.05) is 0 Å². The Bertz CT molecular complexity index is 323. The molecular formula is C13H22N2O2. The smallest absolute Gasteiger partial charge is 0.407 e. The molecule has 4 heteroatoms. The van der Waals surface area contributed by atoms with E-state index < -0.39 is 0 Å². The topological polar surface area (TPSA) is 50.4 Å². The zero-order valence-electron chi connectivity index (χ0n) is 11.1. The van der Waals surface area contributed by atoms with Crippen molar-refractivity contribution in [2.75, 3.05) is 13.2 Å². The largest absolute Gasteiger partial charge is 0.450 e. The van der Waals surface area contributed by atoms with Gasteiger partial charge in [-0.3, -0.25) is 0 Å². The van der Waals surface area contributed by atoms with Gasteiger partial charge in [-0.05, 0) is 34.1 Å². The van der Waals surface area contributed by atoms with Crippen LogP contribution in [0.4, 0.5) is 4.79 Å². The van der Waals surface area contributed by atoms with Crippen LogP contribution in [0.3, 0.4) is 0 Å². The molecule has 0 spiro atoms. The maximum absolute atomic E-state index is 11.2. The average molecular weight is 238 g/mol. The Balaban J connectivity index is 2.37. The highest BCUT2D eigenvalue weighted by Crippen LogP contribution is 2.12. The minimum atomic E-state index is -0.344. The van der Waals surface area contributed by atoms with Gasteiger partial charge in [-0.1, -0.05) is 11.8 Å². The maximum atomic E-state index is 11.2. The lowest BCUT2D eigenvalue weighted by Gasteiger charge is -2.10. The molecule has 1 aliphatic rings. The summed E-state index contributed by atoms with van der Waals surface area (Å²) < 4.78 is 4.84. The molecule has 0 radical (unpaired) electrons. The first-order valence-corrected chi connectivity index (χ1v) is 6.10. The first-order chi connectivity index (χ1) is 7.90. The molecule has 1 unspecified atom stereocenters. The van der Waals surface area contributed by atoms with E-state index in [2.05, 4.69) is 43.2 Å². The second-order valence-corrected chi connectivity index (χ2v) is 5.28. The zero-order valence-corrected chi connectivity index (χ0v) is 11.1. The van der Waals surface area contributed by atoms with Crippen molar-refractivity contribution in [1.29, 1.82) is 0 Å². The lowest BCUT2D eigenvalue weighted by molar-refractivity contribution is 0.148. The fourth-order valence-electron chi connectivity index (χ4n) is 1.60. The minimum absolute atomic E-state index is 0.0222. The summed E-state index contributed by atoms with van der Waals surface area (Å²) in [6.07, 6.45) is 0.491. The van der Waals surface area contributed by atoms with Crippen molar-refractivity contribution in [1.82, 2.24) is 10.6 Å². The van der Waals surface area contributed by atoms with E-state index in [-0.39, 0.29) is 23.6 Å². The first-order valence-electron chi connectivity index (χ1n) is 6.10. The van der Waals surface area contributed by atoms with E-state index in [1.54, 1.807) is 6.92 Å². The number of nitrogens with one attached hydrogen (secondary N) is 2. The maximum Gasteiger partial charge on any atom is 0.407 e. The Morgan fingerprint density at radius 2 is 2.24 bits per heavy atom. The van der Waals surface area contributed by atoms with Gasteiger partial charge in [0.15, 0.2) is 0 Å². The fourth-order valence-corrected chi connectivity index (χ4v) is 1.60. The Morgan fingerprint density at radius 1 is 1.53 bits per heavy atom. The van der Waals surface area contributed by atoms with Crippen molar-refractivity contribution in [2.24, 2.45) is 5.41 Å². The molecule has 0 aromatic carbocycles. The molecule has 2 atom stereocenters. The van der Waals surface area contributed by atoms with Crippen LogP contribution in [-0.4, -0.2) is 31.3 Å². The van der Waals surface area contributed by atoms with Crippen molar-refractivity contribution in [3.63, 3.8) is 0 Å². The van der Waals surface area contributed by atoms with E-state index in [4.69, 9.17) is 4.74 Å². The fraction of sp³-hybridized carbons (Fsp3) is 0.769. The Hall–Kier alpha value is -1.21. The highest BCUT2D eigenvalue weighted by molar-refractivity contribution is 5.67. The van der Waals surface area contributed by atoms with Gasteiger partial charge in [-0.25, -0.2) is 4.79 Å². The van der Waals surface area contributed by atoms with Crippen LogP contribution in [0.25, 0.3) is 0 Å². The van der Waals surface area contributed by atoms with Crippen LogP contribution in [-0.2, 0) is 4.74 Å². The van der Waals surface area contributed by atoms with Gasteiger partial charge < -0.3 is 15.4 Å². The molecule has 1 rings (SSSR count). The third-order valence-electron chi connectivity index (χ3n) is 2.35. The molecule has 2 N–H and O–H groups in total. The van der Waals surface area contributed by atoms with E-state index in [0.717, 1.165) is 13.0 Å². The Labute approximate surface area is 103 Å². The molecule has 1 saturated heterocycles. The summed E-state index contributed by atoms with van der Waals surface area (Å²) in [6, 6.07) is 0.287. The standard InChI is InChI=1S/C13H22N2O2/c1-5-17-12(16)15-11-8-10(14-9-11)6-7-13(2,3)4/h10-11,14H,5,8-9H2,1-4H3,(H,15,16)/t10?,11-/m1/s1. The van der Waals surface area contributed by atoms with Gasteiger partial charge in [0.25, 0.3) is 0 Å². The van der Waals surface area contributed by atoms with Crippen molar-refractivity contribution < 1.29 is 9.53 Å². The van der Waals surface area contributed by atoms with Crippen LogP contribution in [0.15, 0.2) is 0 Å². The van der Waals surface area contributed by atoms with Gasteiger partial charge in [-0.15, -0.1) is 0 Å². The first kappa shape index (κ1) is 13.9. The summed E-state index contributed by atoms with van der Waals surface area (Å²) in [5.41, 5.74) is 0.0222. The van der Waals surface area contributed by atoms with Crippen LogP contribution >= 0.6 is 0 Å². The van der Waals surface area contributed by atoms with E-state index in [9.17, 15) is 4.79 Å². The number of carbonyl (C=O) groups excluding carboxylic acids is 1. The van der Waals surface area contributed by atoms with Crippen molar-refractivity contribution in [2.45, 2.75) is 46.2 Å². The molecule has 1 heterocycles. The number of amides is 1. The predicted molar refractivity (Wildman–Crippen MR) is 67.6 cm³/mol. The molecule has 0 aromatic rings. The summed E-state index contributed by atoms with van der Waals surface area (Å²) in [7, 11) is 0. The van der Waals surface area contributed by atoms with Crippen molar-refractivity contribution in [3.8, 4) is 11.8 Å². The number of carbonyl (C=O) groups is 1. The van der Waals surface area contributed by atoms with E-state index >= 15 is 0 Å². The summed E-state index contributed by atoms with van der Waals surface area (Å²) in [5.74, 6) is 6.41. The molecular weight excluding hydrogens is 216 g/mol. The molecule has 4 nitrogen and oxygen atoms in total. The van der Waals surface area contributed by atoms with Crippen LogP contribution < -0.4 is 10.6 Å². The van der Waals surface area contributed by atoms with Crippen molar-refractivity contribution >= 4 is 6.09 Å². The van der Waals surface area contributed by atoms with Gasteiger partial charge in [-0.2, -0.15) is 0 Å². The van der Waals surface area contributed by atoms with Crippen LogP contribution in [0.1, 0.15) is 34.1 Å². The quantitative estimate of drug-likeness (QED) is 0.717. The van der Waals surface area contributed by atoms with Gasteiger partial charge >= 0.3 is 6.09 Å². The third kappa shape index (κ3) is 5.60. The lowest BCUT2D eigenvalue weighted by Crippen LogP contribution is -2.36. The monoisotopic (exact) mass is 238 g/mol.